The van der Waals surface area contributed by atoms with Gasteiger partial charge in [-0.05, 0) is 60.5 Å². The number of amides is 1. The zero-order valence-electron chi connectivity index (χ0n) is 18.1. The van der Waals surface area contributed by atoms with E-state index in [0.717, 1.165) is 17.2 Å². The number of ether oxygens (including phenoxy) is 2. The summed E-state index contributed by atoms with van der Waals surface area (Å²) in [6.45, 7) is 4.56. The number of hydrogen-bond acceptors (Lipinski definition) is 5. The van der Waals surface area contributed by atoms with Crippen LogP contribution in [0.1, 0.15) is 36.2 Å². The second-order valence-corrected chi connectivity index (χ2v) is 6.97. The molecular weight excluding hydrogens is 404 g/mol. The first-order valence-electron chi connectivity index (χ1n) is 10.4. The molecule has 1 N–H and O–H groups in total. The Labute approximate surface area is 187 Å². The first-order valence-corrected chi connectivity index (χ1v) is 10.4. The van der Waals surface area contributed by atoms with E-state index in [1.54, 1.807) is 37.3 Å². The Morgan fingerprint density at radius 1 is 1.03 bits per heavy atom. The summed E-state index contributed by atoms with van der Waals surface area (Å²) in [6.07, 6.45) is 2.39. The summed E-state index contributed by atoms with van der Waals surface area (Å²) in [7, 11) is 0. The highest BCUT2D eigenvalue weighted by Gasteiger charge is 2.14. The van der Waals surface area contributed by atoms with Gasteiger partial charge in [0.2, 0.25) is 0 Å². The number of nitriles is 1. The first kappa shape index (κ1) is 22.6. The lowest BCUT2D eigenvalue weighted by Crippen LogP contribution is -2.14. The van der Waals surface area contributed by atoms with Crippen molar-refractivity contribution in [1.29, 1.82) is 5.26 Å². The summed E-state index contributed by atoms with van der Waals surface area (Å²) in [5.41, 5.74) is 1.47. The monoisotopic (exact) mass is 428 g/mol. The van der Waals surface area contributed by atoms with Crippen LogP contribution in [0.25, 0.3) is 16.8 Å². The summed E-state index contributed by atoms with van der Waals surface area (Å²) in [5, 5.41) is 14.2. The molecule has 0 saturated heterocycles. The van der Waals surface area contributed by atoms with Crippen LogP contribution >= 0.6 is 0 Å². The lowest BCUT2D eigenvalue weighted by atomic mass is 10.0. The van der Waals surface area contributed by atoms with Crippen molar-refractivity contribution in [3.63, 3.8) is 0 Å². The van der Waals surface area contributed by atoms with Gasteiger partial charge in [-0.25, -0.2) is 4.79 Å². The number of rotatable bonds is 8. The van der Waals surface area contributed by atoms with Gasteiger partial charge in [0.15, 0.2) is 0 Å². The Kier molecular flexibility index (Phi) is 7.60. The van der Waals surface area contributed by atoms with Crippen LogP contribution in [-0.2, 0) is 9.53 Å². The second kappa shape index (κ2) is 10.8. The van der Waals surface area contributed by atoms with Crippen molar-refractivity contribution >= 4 is 34.4 Å². The Balaban J connectivity index is 1.90. The Morgan fingerprint density at radius 2 is 1.78 bits per heavy atom. The molecule has 0 fully saturated rings. The maximum atomic E-state index is 12.8. The predicted octanol–water partition coefficient (Wildman–Crippen LogP) is 5.35. The van der Waals surface area contributed by atoms with Crippen LogP contribution in [0.15, 0.2) is 66.2 Å². The Morgan fingerprint density at radius 3 is 2.47 bits per heavy atom. The molecule has 0 radical (unpaired) electrons. The van der Waals surface area contributed by atoms with Crippen molar-refractivity contribution in [1.82, 2.24) is 0 Å². The van der Waals surface area contributed by atoms with Gasteiger partial charge in [-0.1, -0.05) is 37.3 Å². The molecule has 0 spiro atoms. The molecule has 0 aliphatic carbocycles. The van der Waals surface area contributed by atoms with Crippen molar-refractivity contribution in [2.75, 3.05) is 18.5 Å². The van der Waals surface area contributed by atoms with Crippen molar-refractivity contribution < 1.29 is 19.1 Å². The summed E-state index contributed by atoms with van der Waals surface area (Å²) < 4.78 is 10.8. The third-order valence-corrected chi connectivity index (χ3v) is 4.70. The van der Waals surface area contributed by atoms with Crippen molar-refractivity contribution in [2.24, 2.45) is 0 Å². The lowest BCUT2D eigenvalue weighted by molar-refractivity contribution is -0.112. The second-order valence-electron chi connectivity index (χ2n) is 6.97. The van der Waals surface area contributed by atoms with E-state index in [2.05, 4.69) is 5.32 Å². The fourth-order valence-corrected chi connectivity index (χ4v) is 3.16. The molecule has 3 aromatic rings. The molecule has 162 valence electrons. The van der Waals surface area contributed by atoms with Crippen molar-refractivity contribution in [3.05, 3.63) is 77.4 Å². The summed E-state index contributed by atoms with van der Waals surface area (Å²) >= 11 is 0. The van der Waals surface area contributed by atoms with Gasteiger partial charge in [-0.2, -0.15) is 5.26 Å². The molecule has 0 saturated carbocycles. The van der Waals surface area contributed by atoms with E-state index in [4.69, 9.17) is 9.47 Å². The zero-order valence-corrected chi connectivity index (χ0v) is 18.1. The van der Waals surface area contributed by atoms with Gasteiger partial charge in [0.05, 0.1) is 18.8 Å². The van der Waals surface area contributed by atoms with E-state index in [0.29, 0.717) is 29.2 Å². The molecule has 6 nitrogen and oxygen atoms in total. The van der Waals surface area contributed by atoms with E-state index in [-0.39, 0.29) is 12.2 Å². The number of carbonyl (C=O) groups is 2. The van der Waals surface area contributed by atoms with Crippen LogP contribution in [0.4, 0.5) is 5.69 Å². The quantitative estimate of drug-likeness (QED) is 0.297. The third-order valence-electron chi connectivity index (χ3n) is 4.70. The van der Waals surface area contributed by atoms with E-state index < -0.39 is 11.9 Å². The Hall–Kier alpha value is -4.11. The molecule has 0 bridgehead atoms. The molecule has 0 aromatic heterocycles. The fourth-order valence-electron chi connectivity index (χ4n) is 3.16. The number of esters is 1. The van der Waals surface area contributed by atoms with E-state index in [1.165, 1.54) is 0 Å². The van der Waals surface area contributed by atoms with Crippen LogP contribution in [0.2, 0.25) is 0 Å². The lowest BCUT2D eigenvalue weighted by Gasteiger charge is -2.12. The molecule has 0 heterocycles. The van der Waals surface area contributed by atoms with E-state index in [1.807, 2.05) is 49.4 Å². The molecule has 3 rings (SSSR count). The molecular formula is C26H24N2O4. The molecule has 32 heavy (non-hydrogen) atoms. The van der Waals surface area contributed by atoms with Crippen LogP contribution in [0, 0.1) is 11.3 Å². The number of benzene rings is 3. The van der Waals surface area contributed by atoms with Crippen LogP contribution in [0.5, 0.6) is 5.75 Å². The average molecular weight is 428 g/mol. The van der Waals surface area contributed by atoms with Gasteiger partial charge in [0.1, 0.15) is 17.4 Å². The summed E-state index contributed by atoms with van der Waals surface area (Å²) in [5.74, 6) is -0.366. The molecule has 0 aliphatic heterocycles. The van der Waals surface area contributed by atoms with Gasteiger partial charge in [-0.15, -0.1) is 0 Å². The molecule has 0 atom stereocenters. The number of fused-ring (bicyclic) bond motifs is 1. The number of nitrogens with one attached hydrogen (secondary N) is 1. The maximum absolute atomic E-state index is 12.8. The summed E-state index contributed by atoms with van der Waals surface area (Å²) in [6, 6.07) is 19.8. The first-order chi connectivity index (χ1) is 15.6. The third kappa shape index (κ3) is 5.32. The van der Waals surface area contributed by atoms with E-state index in [9.17, 15) is 14.9 Å². The number of hydrogen-bond donors (Lipinski definition) is 1. The Bertz CT molecular complexity index is 1190. The van der Waals surface area contributed by atoms with Crippen molar-refractivity contribution in [3.8, 4) is 11.8 Å². The van der Waals surface area contributed by atoms with E-state index >= 15 is 0 Å². The molecule has 3 aromatic carbocycles. The average Bonchev–Trinajstić information content (AvgIpc) is 2.82. The largest absolute Gasteiger partial charge is 0.493 e. The fraction of sp³-hybridized carbons (Fsp3) is 0.192. The predicted molar refractivity (Wildman–Crippen MR) is 124 cm³/mol. The number of nitrogens with zero attached hydrogens (tertiary/aromatic N) is 1. The molecule has 0 aliphatic rings. The van der Waals surface area contributed by atoms with Crippen LogP contribution in [-0.4, -0.2) is 25.1 Å². The molecule has 6 heteroatoms. The van der Waals surface area contributed by atoms with Crippen molar-refractivity contribution in [2.45, 2.75) is 20.3 Å². The highest BCUT2D eigenvalue weighted by molar-refractivity contribution is 6.11. The highest BCUT2D eigenvalue weighted by Crippen LogP contribution is 2.30. The summed E-state index contributed by atoms with van der Waals surface area (Å²) in [4.78, 5) is 24.6. The smallest absolute Gasteiger partial charge is 0.338 e. The minimum absolute atomic E-state index is 0.0582. The van der Waals surface area contributed by atoms with Gasteiger partial charge >= 0.3 is 5.97 Å². The normalized spacial score (nSPS) is 11.0. The minimum atomic E-state index is -0.550. The zero-order chi connectivity index (χ0) is 22.9. The minimum Gasteiger partial charge on any atom is -0.493 e. The topological polar surface area (TPSA) is 88.4 Å². The van der Waals surface area contributed by atoms with Gasteiger partial charge in [0.25, 0.3) is 5.91 Å². The molecule has 1 amide bonds. The van der Waals surface area contributed by atoms with Crippen LogP contribution in [0.3, 0.4) is 0 Å². The van der Waals surface area contributed by atoms with Gasteiger partial charge in [0, 0.05) is 11.3 Å². The van der Waals surface area contributed by atoms with Gasteiger partial charge < -0.3 is 14.8 Å². The van der Waals surface area contributed by atoms with Gasteiger partial charge in [-0.3, -0.25) is 4.79 Å². The SMILES string of the molecule is CCCOc1ccc2ccccc2c1/C=C(\C#N)C(=O)Nc1ccc(C(=O)OCC)cc1. The number of carbonyl (C=O) groups excluding carboxylic acids is 2. The standard InChI is InChI=1S/C26H24N2O4/c1-3-15-32-24-14-11-18-7-5-6-8-22(18)23(24)16-20(17-27)25(29)28-21-12-9-19(10-13-21)26(30)31-4-2/h5-14,16H,3-4,15H2,1-2H3,(H,28,29)/b20-16+. The van der Waals surface area contributed by atoms with Crippen LogP contribution < -0.4 is 10.1 Å². The maximum Gasteiger partial charge on any atom is 0.338 e. The number of anilines is 1. The molecule has 0 unspecified atom stereocenters. The highest BCUT2D eigenvalue weighted by atomic mass is 16.5.